The van der Waals surface area contributed by atoms with Crippen LogP contribution in [-0.4, -0.2) is 19.3 Å². The van der Waals surface area contributed by atoms with E-state index in [0.29, 0.717) is 0 Å². The summed E-state index contributed by atoms with van der Waals surface area (Å²) in [5.74, 6) is 2.72. The third-order valence-electron chi connectivity index (χ3n) is 3.04. The monoisotopic (exact) mass is 222 g/mol. The molecule has 0 fully saturated rings. The lowest BCUT2D eigenvalue weighted by Crippen LogP contribution is -2.23. The minimum atomic E-state index is -1.25. The number of terminal acetylenes is 1. The van der Waals surface area contributed by atoms with Crippen LogP contribution in [0.5, 0.6) is 0 Å². The molecule has 0 aromatic carbocycles. The van der Waals surface area contributed by atoms with Crippen molar-refractivity contribution in [1.82, 2.24) is 0 Å². The topological polar surface area (TPSA) is 20.2 Å². The Hall–Kier alpha value is -0.523. The molecule has 1 aliphatic carbocycles. The van der Waals surface area contributed by atoms with Crippen molar-refractivity contribution in [2.24, 2.45) is 5.92 Å². The molecule has 0 saturated carbocycles. The third kappa shape index (κ3) is 2.73. The molecule has 1 nitrogen and oxygen atoms in total. The number of rotatable bonds is 5. The van der Waals surface area contributed by atoms with Crippen molar-refractivity contribution in [3.8, 4) is 12.3 Å². The summed E-state index contributed by atoms with van der Waals surface area (Å²) in [6.45, 7) is 9.19. The van der Waals surface area contributed by atoms with Gasteiger partial charge >= 0.3 is 0 Å². The molecule has 0 spiro atoms. The SMILES string of the molecule is C#CC(O)C1C(CCCC)=C1[Si](C)(C)C. The zero-order valence-electron chi connectivity index (χ0n) is 10.3. The Labute approximate surface area is 94.6 Å². The smallest absolute Gasteiger partial charge is 0.124 e. The quantitative estimate of drug-likeness (QED) is 0.560. The van der Waals surface area contributed by atoms with Gasteiger partial charge in [0.15, 0.2) is 0 Å². The Morgan fingerprint density at radius 1 is 1.47 bits per heavy atom. The number of unbranched alkanes of at least 4 members (excludes halogenated alkanes) is 1. The van der Waals surface area contributed by atoms with Gasteiger partial charge in [0.1, 0.15) is 6.10 Å². The number of aliphatic hydroxyl groups excluding tert-OH is 1. The first kappa shape index (κ1) is 12.5. The molecule has 2 atom stereocenters. The maximum atomic E-state index is 9.75. The zero-order valence-corrected chi connectivity index (χ0v) is 11.3. The van der Waals surface area contributed by atoms with Gasteiger partial charge < -0.3 is 5.11 Å². The number of hydrogen-bond acceptors (Lipinski definition) is 1. The van der Waals surface area contributed by atoms with E-state index in [1.54, 1.807) is 0 Å². The highest BCUT2D eigenvalue weighted by molar-refractivity contribution is 6.84. The zero-order chi connectivity index (χ0) is 11.6. The summed E-state index contributed by atoms with van der Waals surface area (Å²) in [5, 5.41) is 11.3. The molecule has 2 heteroatoms. The maximum Gasteiger partial charge on any atom is 0.124 e. The minimum Gasteiger partial charge on any atom is -0.379 e. The lowest BCUT2D eigenvalue weighted by molar-refractivity contribution is 0.214. The summed E-state index contributed by atoms with van der Waals surface area (Å²) in [7, 11) is -1.25. The predicted molar refractivity (Wildman–Crippen MR) is 68.2 cm³/mol. The van der Waals surface area contributed by atoms with E-state index in [0.717, 1.165) is 6.42 Å². The van der Waals surface area contributed by atoms with Crippen molar-refractivity contribution in [2.45, 2.75) is 51.9 Å². The molecule has 0 aromatic heterocycles. The van der Waals surface area contributed by atoms with E-state index < -0.39 is 14.2 Å². The van der Waals surface area contributed by atoms with Gasteiger partial charge in [0.25, 0.3) is 0 Å². The molecule has 15 heavy (non-hydrogen) atoms. The largest absolute Gasteiger partial charge is 0.379 e. The molecule has 2 unspecified atom stereocenters. The first-order valence-electron chi connectivity index (χ1n) is 5.81. The van der Waals surface area contributed by atoms with Gasteiger partial charge in [-0.2, -0.15) is 0 Å². The first-order chi connectivity index (χ1) is 6.93. The van der Waals surface area contributed by atoms with Crippen LogP contribution in [0.2, 0.25) is 19.6 Å². The fourth-order valence-corrected chi connectivity index (χ4v) is 4.77. The van der Waals surface area contributed by atoms with E-state index in [4.69, 9.17) is 6.42 Å². The van der Waals surface area contributed by atoms with Crippen molar-refractivity contribution in [2.75, 3.05) is 0 Å². The lowest BCUT2D eigenvalue weighted by atomic mass is 10.1. The second-order valence-corrected chi connectivity index (χ2v) is 10.4. The van der Waals surface area contributed by atoms with Crippen LogP contribution >= 0.6 is 0 Å². The molecule has 0 aromatic rings. The van der Waals surface area contributed by atoms with E-state index in [2.05, 4.69) is 32.5 Å². The van der Waals surface area contributed by atoms with Gasteiger partial charge in [-0.05, 0) is 12.8 Å². The van der Waals surface area contributed by atoms with Gasteiger partial charge in [-0.3, -0.25) is 0 Å². The van der Waals surface area contributed by atoms with Crippen LogP contribution in [-0.2, 0) is 0 Å². The molecule has 0 saturated heterocycles. The van der Waals surface area contributed by atoms with Crippen LogP contribution in [0.3, 0.4) is 0 Å². The third-order valence-corrected chi connectivity index (χ3v) is 5.29. The molecule has 0 radical (unpaired) electrons. The van der Waals surface area contributed by atoms with Crippen molar-refractivity contribution < 1.29 is 5.11 Å². The summed E-state index contributed by atoms with van der Waals surface area (Å²) < 4.78 is 0. The standard InChI is InChI=1S/C13H22OSi/c1-6-8-9-10-12(11(14)7-2)13(10)15(3,4)5/h2,11-12,14H,6,8-9H2,1,3-5H3. The van der Waals surface area contributed by atoms with Gasteiger partial charge in [-0.15, -0.1) is 6.42 Å². The van der Waals surface area contributed by atoms with Crippen molar-refractivity contribution in [3.05, 3.63) is 10.8 Å². The Balaban J connectivity index is 2.70. The summed E-state index contributed by atoms with van der Waals surface area (Å²) in [6, 6.07) is 0. The van der Waals surface area contributed by atoms with Gasteiger partial charge in [-0.1, -0.05) is 49.7 Å². The van der Waals surface area contributed by atoms with Crippen molar-refractivity contribution in [1.29, 1.82) is 0 Å². The molecule has 0 heterocycles. The lowest BCUT2D eigenvalue weighted by Gasteiger charge is -2.14. The van der Waals surface area contributed by atoms with Crippen molar-refractivity contribution in [3.63, 3.8) is 0 Å². The van der Waals surface area contributed by atoms with Gasteiger partial charge in [0, 0.05) is 5.92 Å². The molecule has 0 aliphatic heterocycles. The van der Waals surface area contributed by atoms with Crippen molar-refractivity contribution >= 4 is 8.07 Å². The average molecular weight is 222 g/mol. The summed E-state index contributed by atoms with van der Waals surface area (Å²) in [4.78, 5) is 0. The fraction of sp³-hybridized carbons (Fsp3) is 0.692. The second-order valence-electron chi connectivity index (χ2n) is 5.38. The summed E-state index contributed by atoms with van der Waals surface area (Å²) in [5.41, 5.74) is 1.47. The van der Waals surface area contributed by atoms with Gasteiger partial charge in [-0.25, -0.2) is 0 Å². The van der Waals surface area contributed by atoms with Crippen LogP contribution in [0.4, 0.5) is 0 Å². The van der Waals surface area contributed by atoms with E-state index in [1.165, 1.54) is 23.6 Å². The Kier molecular flexibility index (Phi) is 3.80. The Morgan fingerprint density at radius 2 is 2.07 bits per heavy atom. The highest BCUT2D eigenvalue weighted by atomic mass is 28.3. The predicted octanol–water partition coefficient (Wildman–Crippen LogP) is 2.97. The number of aliphatic hydroxyl groups is 1. The van der Waals surface area contributed by atoms with E-state index in [9.17, 15) is 5.11 Å². The molecule has 0 bridgehead atoms. The summed E-state index contributed by atoms with van der Waals surface area (Å²) in [6.07, 6.45) is 8.29. The maximum absolute atomic E-state index is 9.75. The normalized spacial score (nSPS) is 22.5. The summed E-state index contributed by atoms with van der Waals surface area (Å²) >= 11 is 0. The molecule has 1 N–H and O–H groups in total. The molecule has 1 aliphatic rings. The molecular weight excluding hydrogens is 200 g/mol. The van der Waals surface area contributed by atoms with E-state index in [1.807, 2.05) is 0 Å². The average Bonchev–Trinajstić information content (AvgIpc) is 2.87. The van der Waals surface area contributed by atoms with E-state index >= 15 is 0 Å². The highest BCUT2D eigenvalue weighted by Crippen LogP contribution is 2.49. The Bertz CT molecular complexity index is 303. The van der Waals surface area contributed by atoms with Crippen LogP contribution in [0, 0.1) is 18.3 Å². The van der Waals surface area contributed by atoms with Gasteiger partial charge in [0.2, 0.25) is 0 Å². The minimum absolute atomic E-state index is 0.244. The second kappa shape index (κ2) is 4.55. The molecular formula is C13H22OSi. The molecule has 84 valence electrons. The number of hydrogen-bond donors (Lipinski definition) is 1. The van der Waals surface area contributed by atoms with Crippen LogP contribution < -0.4 is 0 Å². The molecule has 1 rings (SSSR count). The first-order valence-corrected chi connectivity index (χ1v) is 9.31. The highest BCUT2D eigenvalue weighted by Gasteiger charge is 2.46. The molecule has 0 amide bonds. The van der Waals surface area contributed by atoms with Crippen LogP contribution in [0.15, 0.2) is 10.8 Å². The van der Waals surface area contributed by atoms with Gasteiger partial charge in [0.05, 0.1) is 8.07 Å². The van der Waals surface area contributed by atoms with E-state index in [-0.39, 0.29) is 5.92 Å². The Morgan fingerprint density at radius 3 is 2.47 bits per heavy atom. The fourth-order valence-electron chi connectivity index (χ4n) is 2.34. The van der Waals surface area contributed by atoms with Crippen LogP contribution in [0.1, 0.15) is 26.2 Å². The van der Waals surface area contributed by atoms with Crippen LogP contribution in [0.25, 0.3) is 0 Å².